The van der Waals surface area contributed by atoms with E-state index in [2.05, 4.69) is 36.2 Å². The topological polar surface area (TPSA) is 47.6 Å². The first-order chi connectivity index (χ1) is 8.75. The van der Waals surface area contributed by atoms with Gasteiger partial charge in [0.25, 0.3) is 0 Å². The van der Waals surface area contributed by atoms with Crippen LogP contribution in [-0.4, -0.2) is 24.4 Å². The fraction of sp³-hybridized carbons (Fsp3) is 0.500. The number of aryl methyl sites for hydroxylation is 1. The number of aliphatic imine (C=N–C) groups is 1. The van der Waals surface area contributed by atoms with Gasteiger partial charge in [0.1, 0.15) is 0 Å². The van der Waals surface area contributed by atoms with Gasteiger partial charge in [-0.1, -0.05) is 36.0 Å². The van der Waals surface area contributed by atoms with Crippen LogP contribution in [0.15, 0.2) is 29.3 Å². The zero-order chi connectivity index (χ0) is 12.8. The highest BCUT2D eigenvalue weighted by Crippen LogP contribution is 2.17. The zero-order valence-electron chi connectivity index (χ0n) is 10.8. The quantitative estimate of drug-likeness (QED) is 0.672. The highest BCUT2D eigenvalue weighted by molar-refractivity contribution is 8.13. The first kappa shape index (κ1) is 13.4. The van der Waals surface area contributed by atoms with E-state index in [9.17, 15) is 0 Å². The number of nitrogens with two attached hydrogens (primary N) is 1. The zero-order valence-corrected chi connectivity index (χ0v) is 11.6. The molecule has 0 aromatic heterocycles. The molecule has 2 rings (SSSR count). The summed E-state index contributed by atoms with van der Waals surface area (Å²) >= 11 is 1.60. The summed E-state index contributed by atoms with van der Waals surface area (Å²) in [5, 5.41) is 0.661. The van der Waals surface area contributed by atoms with Gasteiger partial charge in [0.15, 0.2) is 5.17 Å². The normalized spacial score (nSPS) is 20.3. The molecule has 1 atom stereocenters. The Hall–Kier alpha value is -1.00. The number of benzene rings is 1. The van der Waals surface area contributed by atoms with E-state index in [1.54, 1.807) is 11.8 Å². The van der Waals surface area contributed by atoms with Crippen LogP contribution in [-0.2, 0) is 10.5 Å². The van der Waals surface area contributed by atoms with Crippen LogP contribution in [0.25, 0.3) is 0 Å². The SMILES string of the molecule is Cc1ccccc1CSC(N)=NC[C@@H]1CCCO1. The Morgan fingerprint density at radius 1 is 1.50 bits per heavy atom. The number of thioether (sulfide) groups is 1. The molecule has 1 aromatic rings. The van der Waals surface area contributed by atoms with Crippen LogP contribution in [0.1, 0.15) is 24.0 Å². The second-order valence-corrected chi connectivity index (χ2v) is 5.52. The molecule has 0 saturated carbocycles. The van der Waals surface area contributed by atoms with Gasteiger partial charge in [0.05, 0.1) is 12.6 Å². The summed E-state index contributed by atoms with van der Waals surface area (Å²) in [5.41, 5.74) is 8.53. The Balaban J connectivity index is 1.78. The molecule has 0 radical (unpaired) electrons. The summed E-state index contributed by atoms with van der Waals surface area (Å²) in [6, 6.07) is 8.37. The minimum absolute atomic E-state index is 0.280. The van der Waals surface area contributed by atoms with Crippen LogP contribution in [0.3, 0.4) is 0 Å². The molecule has 1 aliphatic heterocycles. The van der Waals surface area contributed by atoms with Crippen LogP contribution >= 0.6 is 11.8 Å². The van der Waals surface area contributed by atoms with Crippen LogP contribution in [0.2, 0.25) is 0 Å². The lowest BCUT2D eigenvalue weighted by molar-refractivity contribution is 0.118. The third kappa shape index (κ3) is 4.03. The molecular formula is C14H20N2OS. The Morgan fingerprint density at radius 2 is 2.33 bits per heavy atom. The highest BCUT2D eigenvalue weighted by atomic mass is 32.2. The molecular weight excluding hydrogens is 244 g/mol. The van der Waals surface area contributed by atoms with E-state index in [1.807, 2.05) is 0 Å². The average molecular weight is 264 g/mol. The van der Waals surface area contributed by atoms with Gasteiger partial charge in [-0.15, -0.1) is 0 Å². The predicted octanol–water partition coefficient (Wildman–Crippen LogP) is 2.72. The largest absolute Gasteiger partial charge is 0.379 e. The first-order valence-corrected chi connectivity index (χ1v) is 7.33. The molecule has 0 spiro atoms. The van der Waals surface area contributed by atoms with Crippen molar-refractivity contribution in [3.05, 3.63) is 35.4 Å². The van der Waals surface area contributed by atoms with E-state index in [4.69, 9.17) is 10.5 Å². The van der Waals surface area contributed by atoms with Crippen molar-refractivity contribution >= 4 is 16.9 Å². The van der Waals surface area contributed by atoms with Gasteiger partial charge in [0.2, 0.25) is 0 Å². The van der Waals surface area contributed by atoms with E-state index in [-0.39, 0.29) is 6.10 Å². The number of hydrogen-bond donors (Lipinski definition) is 1. The van der Waals surface area contributed by atoms with Gasteiger partial charge in [-0.2, -0.15) is 0 Å². The molecule has 1 fully saturated rings. The third-order valence-electron chi connectivity index (χ3n) is 3.11. The molecule has 2 N–H and O–H groups in total. The minimum atomic E-state index is 0.280. The monoisotopic (exact) mass is 264 g/mol. The Labute approximate surface area is 113 Å². The van der Waals surface area contributed by atoms with E-state index in [0.717, 1.165) is 25.2 Å². The van der Waals surface area contributed by atoms with Crippen LogP contribution in [0, 0.1) is 6.92 Å². The summed E-state index contributed by atoms with van der Waals surface area (Å²) in [4.78, 5) is 4.38. The maximum absolute atomic E-state index is 5.91. The molecule has 1 heterocycles. The second-order valence-electron chi connectivity index (χ2n) is 4.53. The Morgan fingerprint density at radius 3 is 3.06 bits per heavy atom. The fourth-order valence-corrected chi connectivity index (χ4v) is 2.74. The molecule has 0 amide bonds. The van der Waals surface area contributed by atoms with Gasteiger partial charge in [-0.25, -0.2) is 0 Å². The lowest BCUT2D eigenvalue weighted by Gasteiger charge is -2.07. The molecule has 1 aliphatic rings. The maximum atomic E-state index is 5.91. The number of rotatable bonds is 4. The van der Waals surface area contributed by atoms with Gasteiger partial charge < -0.3 is 10.5 Å². The van der Waals surface area contributed by atoms with Crippen molar-refractivity contribution in [1.29, 1.82) is 0 Å². The Kier molecular flexibility index (Phi) is 5.08. The van der Waals surface area contributed by atoms with E-state index >= 15 is 0 Å². The van der Waals surface area contributed by atoms with E-state index in [1.165, 1.54) is 11.1 Å². The predicted molar refractivity (Wildman–Crippen MR) is 77.9 cm³/mol. The van der Waals surface area contributed by atoms with Crippen LogP contribution < -0.4 is 5.73 Å². The van der Waals surface area contributed by atoms with Crippen molar-refractivity contribution in [3.63, 3.8) is 0 Å². The molecule has 0 aliphatic carbocycles. The third-order valence-corrected chi connectivity index (χ3v) is 3.99. The summed E-state index contributed by atoms with van der Waals surface area (Å²) in [7, 11) is 0. The van der Waals surface area contributed by atoms with Crippen molar-refractivity contribution in [2.75, 3.05) is 13.2 Å². The second kappa shape index (κ2) is 6.81. The van der Waals surface area contributed by atoms with Crippen LogP contribution in [0.5, 0.6) is 0 Å². The van der Waals surface area contributed by atoms with Crippen molar-refractivity contribution in [2.45, 2.75) is 31.6 Å². The van der Waals surface area contributed by atoms with Crippen molar-refractivity contribution in [2.24, 2.45) is 10.7 Å². The van der Waals surface area contributed by atoms with Crippen LogP contribution in [0.4, 0.5) is 0 Å². The van der Waals surface area contributed by atoms with Gasteiger partial charge in [0, 0.05) is 12.4 Å². The summed E-state index contributed by atoms with van der Waals surface area (Å²) in [6.45, 7) is 3.69. The summed E-state index contributed by atoms with van der Waals surface area (Å²) in [6.07, 6.45) is 2.54. The van der Waals surface area contributed by atoms with E-state index in [0.29, 0.717) is 11.7 Å². The average Bonchev–Trinajstić information content (AvgIpc) is 2.88. The smallest absolute Gasteiger partial charge is 0.154 e. The molecule has 1 saturated heterocycles. The van der Waals surface area contributed by atoms with E-state index < -0.39 is 0 Å². The lowest BCUT2D eigenvalue weighted by Crippen LogP contribution is -2.14. The van der Waals surface area contributed by atoms with Gasteiger partial charge in [-0.05, 0) is 30.9 Å². The van der Waals surface area contributed by atoms with Gasteiger partial charge >= 0.3 is 0 Å². The number of ether oxygens (including phenoxy) is 1. The molecule has 98 valence electrons. The molecule has 1 aromatic carbocycles. The van der Waals surface area contributed by atoms with Crippen molar-refractivity contribution in [3.8, 4) is 0 Å². The molecule has 4 heteroatoms. The molecule has 3 nitrogen and oxygen atoms in total. The number of nitrogens with zero attached hydrogens (tertiary/aromatic N) is 1. The molecule has 0 unspecified atom stereocenters. The van der Waals surface area contributed by atoms with Crippen molar-refractivity contribution < 1.29 is 4.74 Å². The minimum Gasteiger partial charge on any atom is -0.379 e. The number of amidine groups is 1. The van der Waals surface area contributed by atoms with Gasteiger partial charge in [-0.3, -0.25) is 4.99 Å². The lowest BCUT2D eigenvalue weighted by atomic mass is 10.1. The maximum Gasteiger partial charge on any atom is 0.154 e. The molecule has 0 bridgehead atoms. The fourth-order valence-electron chi connectivity index (χ4n) is 1.95. The van der Waals surface area contributed by atoms with Crippen molar-refractivity contribution in [1.82, 2.24) is 0 Å². The standard InChI is InChI=1S/C14H20N2OS/c1-11-5-2-3-6-12(11)10-18-14(15)16-9-13-7-4-8-17-13/h2-3,5-6,13H,4,7-10H2,1H3,(H2,15,16)/t13-/m0/s1. The summed E-state index contributed by atoms with van der Waals surface area (Å²) < 4.78 is 5.51. The first-order valence-electron chi connectivity index (χ1n) is 6.34. The number of hydrogen-bond acceptors (Lipinski definition) is 3. The summed E-state index contributed by atoms with van der Waals surface area (Å²) in [5.74, 6) is 0.882. The Bertz CT molecular complexity index is 414. The molecule has 18 heavy (non-hydrogen) atoms. The highest BCUT2D eigenvalue weighted by Gasteiger charge is 2.14.